The Hall–Kier alpha value is -7.08. The van der Waals surface area contributed by atoms with Crippen molar-refractivity contribution in [3.8, 4) is 11.1 Å². The van der Waals surface area contributed by atoms with Gasteiger partial charge in [0.2, 0.25) is 0 Å². The fourth-order valence-electron chi connectivity index (χ4n) is 9.95. The molecule has 0 aromatic heterocycles. The van der Waals surface area contributed by atoms with E-state index in [1.54, 1.807) is 18.2 Å². The second kappa shape index (κ2) is 37.4. The summed E-state index contributed by atoms with van der Waals surface area (Å²) in [6.07, 6.45) is 23.7. The number of esters is 6. The molecule has 3 fully saturated rings. The Labute approximate surface area is 507 Å². The lowest BCUT2D eigenvalue weighted by Crippen LogP contribution is -2.30. The summed E-state index contributed by atoms with van der Waals surface area (Å²) in [6, 6.07) is 36.0. The van der Waals surface area contributed by atoms with Gasteiger partial charge in [-0.05, 0) is 193 Å². The minimum atomic E-state index is -0.430. The lowest BCUT2D eigenvalue weighted by Gasteiger charge is -2.29. The van der Waals surface area contributed by atoms with Crippen LogP contribution in [-0.4, -0.2) is 75.0 Å². The van der Waals surface area contributed by atoms with Crippen LogP contribution in [0.25, 0.3) is 29.4 Å². The Balaban J connectivity index is 0.000000235. The number of carbonyl (C=O) groups is 6. The van der Waals surface area contributed by atoms with Gasteiger partial charge in [0.1, 0.15) is 6.10 Å². The van der Waals surface area contributed by atoms with Crippen LogP contribution in [0, 0.1) is 53.8 Å². The maximum atomic E-state index is 12.2. The van der Waals surface area contributed by atoms with E-state index in [-0.39, 0.29) is 53.8 Å². The SMILES string of the molecule is CCC(C)(C)C(=O)OCC1CCC(OC(=O)/C=C/c2ccc(-c3ccccc3)cc2)CC1.CCC(C)C(=O)OCC1CCC(COC(=O)/C=C/c2ccc(C)cc2)CC1.CCC(C)C(=O)OCC1CCC(COC(=O)/C=C/c2ccccc2)CC1. The van der Waals surface area contributed by atoms with Gasteiger partial charge in [-0.3, -0.25) is 14.4 Å². The molecule has 0 bridgehead atoms. The van der Waals surface area contributed by atoms with Crippen LogP contribution in [0.1, 0.15) is 167 Å². The second-order valence-electron chi connectivity index (χ2n) is 24.1. The quantitative estimate of drug-likeness (QED) is 0.0372. The maximum absolute atomic E-state index is 12.2. The molecular weight excluding hydrogens is 1070 g/mol. The zero-order chi connectivity index (χ0) is 61.4. The molecule has 460 valence electrons. The number of hydrogen-bond acceptors (Lipinski definition) is 12. The van der Waals surface area contributed by atoms with Gasteiger partial charge in [0, 0.05) is 18.2 Å². The van der Waals surface area contributed by atoms with Crippen molar-refractivity contribution in [1.82, 2.24) is 0 Å². The van der Waals surface area contributed by atoms with Crippen LogP contribution in [0.2, 0.25) is 0 Å². The van der Waals surface area contributed by atoms with Crippen LogP contribution in [0.15, 0.2) is 127 Å². The van der Waals surface area contributed by atoms with Gasteiger partial charge >= 0.3 is 35.8 Å². The maximum Gasteiger partial charge on any atom is 0.331 e. The first-order chi connectivity index (χ1) is 40.9. The Morgan fingerprint density at radius 3 is 1.19 bits per heavy atom. The van der Waals surface area contributed by atoms with E-state index < -0.39 is 5.41 Å². The molecule has 0 saturated heterocycles. The van der Waals surface area contributed by atoms with Gasteiger partial charge in [-0.1, -0.05) is 149 Å². The van der Waals surface area contributed by atoms with Gasteiger partial charge in [-0.15, -0.1) is 0 Å². The minimum Gasteiger partial charge on any atom is -0.465 e. The van der Waals surface area contributed by atoms with Gasteiger partial charge in [0.05, 0.1) is 50.3 Å². The minimum absolute atomic E-state index is 0.0188. The number of ether oxygens (including phenoxy) is 6. The Morgan fingerprint density at radius 1 is 0.435 bits per heavy atom. The Kier molecular flexibility index (Phi) is 30.2. The third-order valence-corrected chi connectivity index (χ3v) is 16.9. The third-order valence-electron chi connectivity index (χ3n) is 16.9. The Bertz CT molecular complexity index is 2700. The molecule has 0 radical (unpaired) electrons. The summed E-state index contributed by atoms with van der Waals surface area (Å²) in [5, 5.41) is 0. The molecule has 0 amide bonds. The first-order valence-electron chi connectivity index (χ1n) is 31.3. The van der Waals surface area contributed by atoms with Crippen LogP contribution in [0.5, 0.6) is 0 Å². The highest BCUT2D eigenvalue weighted by atomic mass is 16.6. The summed E-state index contributed by atoms with van der Waals surface area (Å²) >= 11 is 0. The predicted molar refractivity (Wildman–Crippen MR) is 337 cm³/mol. The van der Waals surface area contributed by atoms with Gasteiger partial charge in [0.25, 0.3) is 0 Å². The number of aryl methyl sites for hydroxylation is 1. The monoisotopic (exact) mass is 1160 g/mol. The van der Waals surface area contributed by atoms with E-state index in [2.05, 4.69) is 24.3 Å². The third kappa shape index (κ3) is 26.4. The fraction of sp³-hybridized carbons (Fsp3) is 0.507. The highest BCUT2D eigenvalue weighted by Gasteiger charge is 2.30. The van der Waals surface area contributed by atoms with Crippen molar-refractivity contribution in [3.05, 3.63) is 150 Å². The molecule has 4 aromatic carbocycles. The zero-order valence-electron chi connectivity index (χ0n) is 52.0. The number of rotatable bonds is 24. The summed E-state index contributed by atoms with van der Waals surface area (Å²) in [5.41, 5.74) is 6.01. The molecule has 7 rings (SSSR count). The van der Waals surface area contributed by atoms with Crippen LogP contribution in [0.3, 0.4) is 0 Å². The van der Waals surface area contributed by atoms with E-state index in [0.717, 1.165) is 119 Å². The van der Waals surface area contributed by atoms with E-state index in [0.29, 0.717) is 62.6 Å². The predicted octanol–water partition coefficient (Wildman–Crippen LogP) is 16.0. The number of benzene rings is 4. The average Bonchev–Trinajstić information content (AvgIpc) is 3.62. The topological polar surface area (TPSA) is 158 Å². The Morgan fingerprint density at radius 2 is 0.776 bits per heavy atom. The molecule has 85 heavy (non-hydrogen) atoms. The summed E-state index contributed by atoms with van der Waals surface area (Å²) in [4.78, 5) is 71.6. The largest absolute Gasteiger partial charge is 0.465 e. The molecule has 0 spiro atoms. The first-order valence-corrected chi connectivity index (χ1v) is 31.3. The van der Waals surface area contributed by atoms with Gasteiger partial charge in [-0.25, -0.2) is 14.4 Å². The highest BCUT2D eigenvalue weighted by molar-refractivity contribution is 5.88. The van der Waals surface area contributed by atoms with Crippen molar-refractivity contribution >= 4 is 54.0 Å². The molecule has 4 aromatic rings. The molecule has 12 heteroatoms. The van der Waals surface area contributed by atoms with E-state index in [4.69, 9.17) is 28.4 Å². The smallest absolute Gasteiger partial charge is 0.331 e. The van der Waals surface area contributed by atoms with Crippen molar-refractivity contribution < 1.29 is 57.2 Å². The summed E-state index contributed by atoms with van der Waals surface area (Å²) in [5.74, 6) is 0.797. The molecule has 0 heterocycles. The number of hydrogen-bond donors (Lipinski definition) is 0. The van der Waals surface area contributed by atoms with Crippen LogP contribution in [-0.2, 0) is 57.2 Å². The normalized spacial score (nSPS) is 20.3. The summed E-state index contributed by atoms with van der Waals surface area (Å²) < 4.78 is 32.7. The number of carbonyl (C=O) groups excluding carboxylic acids is 6. The van der Waals surface area contributed by atoms with E-state index in [9.17, 15) is 28.8 Å². The van der Waals surface area contributed by atoms with Gasteiger partial charge < -0.3 is 28.4 Å². The van der Waals surface area contributed by atoms with Crippen LogP contribution >= 0.6 is 0 Å². The van der Waals surface area contributed by atoms with Gasteiger partial charge in [-0.2, -0.15) is 0 Å². The van der Waals surface area contributed by atoms with Gasteiger partial charge in [0.15, 0.2) is 0 Å². The second-order valence-corrected chi connectivity index (χ2v) is 24.1. The van der Waals surface area contributed by atoms with E-state index in [1.165, 1.54) is 29.4 Å². The average molecular weight is 1170 g/mol. The standard InChI is InChI=1S/C28H34O4.C23H32O4.C22H30O4/c1-4-28(2,3)27(30)31-20-22-12-17-25(18-13-22)32-26(29)19-14-21-10-15-24(16-11-21)23-8-6-5-7-9-23;1-4-18(3)23(25)27-16-21-11-9-20(10-12-21)15-26-22(24)14-13-19-7-5-17(2)6-8-19;1-3-17(2)22(24)26-16-20-11-9-19(10-12-20)15-25-21(23)14-13-18-7-5-4-6-8-18/h5-11,14-16,19,22,25H,4,12-13,17-18,20H2,1-3H3;5-8,13-14,18,20-21H,4,9-12,15-16H2,1-3H3;4-8,13-14,17,19-20H,3,9-12,15-16H2,1-2H3/b19-14+;2*14-13+. The van der Waals surface area contributed by atoms with E-state index >= 15 is 0 Å². The molecule has 2 unspecified atom stereocenters. The lowest BCUT2D eigenvalue weighted by molar-refractivity contribution is -0.156. The molecule has 3 aliphatic rings. The highest BCUT2D eigenvalue weighted by Crippen LogP contribution is 2.32. The summed E-state index contributed by atoms with van der Waals surface area (Å²) in [6.45, 7) is 18.1. The fourth-order valence-corrected chi connectivity index (χ4v) is 9.95. The molecule has 0 aliphatic heterocycles. The molecular formula is C73H96O12. The van der Waals surface area contributed by atoms with Crippen molar-refractivity contribution in [1.29, 1.82) is 0 Å². The van der Waals surface area contributed by atoms with Crippen molar-refractivity contribution in [2.45, 2.75) is 158 Å². The van der Waals surface area contributed by atoms with Crippen molar-refractivity contribution in [2.24, 2.45) is 46.8 Å². The van der Waals surface area contributed by atoms with Crippen LogP contribution in [0.4, 0.5) is 0 Å². The molecule has 3 aliphatic carbocycles. The zero-order valence-corrected chi connectivity index (χ0v) is 52.0. The first kappa shape index (κ1) is 68.7. The van der Waals surface area contributed by atoms with Crippen molar-refractivity contribution in [3.63, 3.8) is 0 Å². The lowest BCUT2D eigenvalue weighted by atomic mass is 9.83. The van der Waals surface area contributed by atoms with Crippen LogP contribution < -0.4 is 0 Å². The molecule has 2 atom stereocenters. The summed E-state index contributed by atoms with van der Waals surface area (Å²) in [7, 11) is 0. The molecule has 0 N–H and O–H groups in total. The molecule has 12 nitrogen and oxygen atoms in total. The van der Waals surface area contributed by atoms with Crippen molar-refractivity contribution in [2.75, 3.05) is 33.0 Å². The van der Waals surface area contributed by atoms with E-state index in [1.807, 2.05) is 140 Å². The molecule has 3 saturated carbocycles.